The number of nitrogens with one attached hydrogen (secondary N) is 1. The van der Waals surface area contributed by atoms with Crippen molar-refractivity contribution in [2.24, 2.45) is 0 Å². The van der Waals surface area contributed by atoms with E-state index in [-0.39, 0.29) is 21.4 Å². The molecular formula is C12H8BrF2N3O. The molecule has 0 saturated heterocycles. The molecule has 1 amide bonds. The van der Waals surface area contributed by atoms with E-state index in [0.29, 0.717) is 0 Å². The van der Waals surface area contributed by atoms with Crippen molar-refractivity contribution in [3.05, 3.63) is 52.3 Å². The summed E-state index contributed by atoms with van der Waals surface area (Å²) in [5.41, 5.74) is 5.61. The van der Waals surface area contributed by atoms with Crippen LogP contribution in [0.5, 0.6) is 0 Å². The van der Waals surface area contributed by atoms with Crippen molar-refractivity contribution < 1.29 is 13.6 Å². The molecule has 4 nitrogen and oxygen atoms in total. The van der Waals surface area contributed by atoms with E-state index in [1.54, 1.807) is 0 Å². The number of nitrogens with zero attached hydrogens (tertiary/aromatic N) is 1. The summed E-state index contributed by atoms with van der Waals surface area (Å²) in [6, 6.07) is 3.24. The number of nitrogen functional groups attached to an aromatic ring is 1. The average Bonchev–Trinajstić information content (AvgIpc) is 2.36. The molecule has 2 rings (SSSR count). The Kier molecular flexibility index (Phi) is 3.75. The van der Waals surface area contributed by atoms with Crippen molar-refractivity contribution in [2.45, 2.75) is 0 Å². The predicted octanol–water partition coefficient (Wildman–Crippen LogP) is 2.96. The molecule has 0 aliphatic heterocycles. The van der Waals surface area contributed by atoms with Crippen LogP contribution < -0.4 is 11.1 Å². The predicted molar refractivity (Wildman–Crippen MR) is 70.7 cm³/mol. The number of amides is 1. The fourth-order valence-electron chi connectivity index (χ4n) is 1.40. The van der Waals surface area contributed by atoms with Crippen LogP contribution in [0.4, 0.5) is 20.2 Å². The molecule has 7 heteroatoms. The number of anilines is 2. The fraction of sp³-hybridized carbons (Fsp3) is 0. The van der Waals surface area contributed by atoms with Crippen molar-refractivity contribution in [1.82, 2.24) is 4.98 Å². The Morgan fingerprint density at radius 2 is 2.05 bits per heavy atom. The van der Waals surface area contributed by atoms with Crippen molar-refractivity contribution in [3.63, 3.8) is 0 Å². The average molecular weight is 328 g/mol. The van der Waals surface area contributed by atoms with E-state index in [9.17, 15) is 13.6 Å². The number of rotatable bonds is 2. The van der Waals surface area contributed by atoms with Gasteiger partial charge in [-0.15, -0.1) is 0 Å². The summed E-state index contributed by atoms with van der Waals surface area (Å²) in [7, 11) is 0. The minimum atomic E-state index is -0.760. The van der Waals surface area contributed by atoms with Gasteiger partial charge in [-0.1, -0.05) is 0 Å². The second-order valence-corrected chi connectivity index (χ2v) is 4.52. The molecule has 0 aliphatic rings. The van der Waals surface area contributed by atoms with Crippen LogP contribution in [0, 0.1) is 11.6 Å². The third kappa shape index (κ3) is 2.87. The van der Waals surface area contributed by atoms with Gasteiger partial charge >= 0.3 is 0 Å². The number of benzene rings is 1. The van der Waals surface area contributed by atoms with Crippen LogP contribution in [-0.2, 0) is 0 Å². The lowest BCUT2D eigenvalue weighted by atomic mass is 10.2. The molecule has 0 bridgehead atoms. The van der Waals surface area contributed by atoms with Gasteiger partial charge in [0.1, 0.15) is 11.6 Å². The Hall–Kier alpha value is -2.02. The van der Waals surface area contributed by atoms with Crippen molar-refractivity contribution in [2.75, 3.05) is 11.1 Å². The number of carbonyl (C=O) groups is 1. The minimum Gasteiger partial charge on any atom is -0.398 e. The Bertz CT molecular complexity index is 649. The summed E-state index contributed by atoms with van der Waals surface area (Å²) in [6.45, 7) is 0. The van der Waals surface area contributed by atoms with E-state index in [1.165, 1.54) is 18.5 Å². The molecule has 98 valence electrons. The zero-order valence-electron chi connectivity index (χ0n) is 9.45. The lowest BCUT2D eigenvalue weighted by Gasteiger charge is -2.08. The normalized spacial score (nSPS) is 10.3. The van der Waals surface area contributed by atoms with Gasteiger partial charge in [-0.25, -0.2) is 8.78 Å². The zero-order chi connectivity index (χ0) is 14.0. The molecule has 2 aromatic rings. The molecule has 1 aromatic carbocycles. The highest BCUT2D eigenvalue weighted by Gasteiger charge is 2.14. The zero-order valence-corrected chi connectivity index (χ0v) is 11.0. The summed E-state index contributed by atoms with van der Waals surface area (Å²) in [5.74, 6) is -2.11. The first-order valence-electron chi connectivity index (χ1n) is 5.14. The Morgan fingerprint density at radius 1 is 1.32 bits per heavy atom. The SMILES string of the molecule is Nc1ccncc1C(=O)Nc1cc(F)c(Br)cc1F. The maximum atomic E-state index is 13.5. The van der Waals surface area contributed by atoms with E-state index < -0.39 is 17.5 Å². The molecule has 0 unspecified atom stereocenters. The Morgan fingerprint density at radius 3 is 2.74 bits per heavy atom. The third-order valence-corrected chi connectivity index (χ3v) is 2.97. The standard InChI is InChI=1S/C12H8BrF2N3O/c13-7-3-9(15)11(4-8(7)14)18-12(19)6-5-17-2-1-10(6)16/h1-5H,(H2,16,17)(H,18,19). The van der Waals surface area contributed by atoms with E-state index in [0.717, 1.165) is 12.1 Å². The van der Waals surface area contributed by atoms with E-state index in [2.05, 4.69) is 26.2 Å². The lowest BCUT2D eigenvalue weighted by Crippen LogP contribution is -2.15. The summed E-state index contributed by atoms with van der Waals surface area (Å²) < 4.78 is 26.8. The van der Waals surface area contributed by atoms with Gasteiger partial charge in [-0.3, -0.25) is 9.78 Å². The number of hydrogen-bond donors (Lipinski definition) is 2. The maximum absolute atomic E-state index is 13.5. The van der Waals surface area contributed by atoms with E-state index in [1.807, 2.05) is 0 Å². The molecule has 0 aliphatic carbocycles. The van der Waals surface area contributed by atoms with Crippen LogP contribution in [0.1, 0.15) is 10.4 Å². The van der Waals surface area contributed by atoms with Gasteiger partial charge in [0.15, 0.2) is 0 Å². The highest BCUT2D eigenvalue weighted by Crippen LogP contribution is 2.24. The van der Waals surface area contributed by atoms with E-state index in [4.69, 9.17) is 5.73 Å². The fourth-order valence-corrected chi connectivity index (χ4v) is 1.72. The summed E-state index contributed by atoms with van der Waals surface area (Å²) in [4.78, 5) is 15.6. The number of pyridine rings is 1. The number of hydrogen-bond acceptors (Lipinski definition) is 3. The highest BCUT2D eigenvalue weighted by molar-refractivity contribution is 9.10. The van der Waals surface area contributed by atoms with Gasteiger partial charge < -0.3 is 11.1 Å². The Labute approximate surface area is 115 Å². The molecule has 3 N–H and O–H groups in total. The minimum absolute atomic E-state index is 0.0242. The molecule has 19 heavy (non-hydrogen) atoms. The monoisotopic (exact) mass is 327 g/mol. The van der Waals surface area contributed by atoms with Crippen LogP contribution >= 0.6 is 15.9 Å². The smallest absolute Gasteiger partial charge is 0.259 e. The molecule has 0 spiro atoms. The first-order chi connectivity index (χ1) is 8.99. The van der Waals surface area contributed by atoms with Crippen LogP contribution in [0.25, 0.3) is 0 Å². The van der Waals surface area contributed by atoms with Crippen LogP contribution in [0.15, 0.2) is 35.1 Å². The lowest BCUT2D eigenvalue weighted by molar-refractivity contribution is 0.102. The number of nitrogens with two attached hydrogens (primary N) is 1. The second-order valence-electron chi connectivity index (χ2n) is 3.66. The van der Waals surface area contributed by atoms with Gasteiger partial charge in [0.05, 0.1) is 15.7 Å². The molecule has 0 saturated carbocycles. The highest BCUT2D eigenvalue weighted by atomic mass is 79.9. The Balaban J connectivity index is 2.30. The van der Waals surface area contributed by atoms with Crippen molar-refractivity contribution >= 4 is 33.2 Å². The van der Waals surface area contributed by atoms with Crippen LogP contribution in [0.3, 0.4) is 0 Å². The molecule has 1 heterocycles. The van der Waals surface area contributed by atoms with E-state index >= 15 is 0 Å². The molecular weight excluding hydrogens is 320 g/mol. The third-order valence-electron chi connectivity index (χ3n) is 2.36. The van der Waals surface area contributed by atoms with Gasteiger partial charge in [0.2, 0.25) is 0 Å². The van der Waals surface area contributed by atoms with Gasteiger partial charge in [-0.2, -0.15) is 0 Å². The van der Waals surface area contributed by atoms with Crippen LogP contribution in [-0.4, -0.2) is 10.9 Å². The van der Waals surface area contributed by atoms with Gasteiger partial charge in [0.25, 0.3) is 5.91 Å². The van der Waals surface area contributed by atoms with Crippen LogP contribution in [0.2, 0.25) is 0 Å². The quantitative estimate of drug-likeness (QED) is 0.833. The van der Waals surface area contributed by atoms with Crippen molar-refractivity contribution in [3.8, 4) is 0 Å². The topological polar surface area (TPSA) is 68.0 Å². The number of halogens is 3. The first-order valence-corrected chi connectivity index (χ1v) is 5.93. The number of aromatic nitrogens is 1. The molecule has 1 aromatic heterocycles. The summed E-state index contributed by atoms with van der Waals surface area (Å²) >= 11 is 2.85. The largest absolute Gasteiger partial charge is 0.398 e. The van der Waals surface area contributed by atoms with Gasteiger partial charge in [-0.05, 0) is 28.1 Å². The van der Waals surface area contributed by atoms with Crippen molar-refractivity contribution in [1.29, 1.82) is 0 Å². The first kappa shape index (κ1) is 13.4. The second kappa shape index (κ2) is 5.31. The molecule has 0 atom stereocenters. The summed E-state index contributed by atoms with van der Waals surface area (Å²) in [6.07, 6.45) is 2.67. The maximum Gasteiger partial charge on any atom is 0.259 e. The molecule has 0 radical (unpaired) electrons. The molecule has 0 fully saturated rings. The number of carbonyl (C=O) groups excluding carboxylic acids is 1. The summed E-state index contributed by atoms with van der Waals surface area (Å²) in [5, 5.41) is 2.24. The van der Waals surface area contributed by atoms with Gasteiger partial charge in [0, 0.05) is 24.1 Å².